The summed E-state index contributed by atoms with van der Waals surface area (Å²) in [6.45, 7) is 3.08. The Morgan fingerprint density at radius 1 is 1.15 bits per heavy atom. The fourth-order valence-corrected chi connectivity index (χ4v) is 0.405. The van der Waals surface area contributed by atoms with Gasteiger partial charge in [-0.15, -0.1) is 0 Å². The van der Waals surface area contributed by atoms with E-state index in [-0.39, 0.29) is 31.7 Å². The van der Waals surface area contributed by atoms with Crippen LogP contribution in [0.3, 0.4) is 0 Å². The minimum Gasteiger partial charge on any atom is -0.808 e. The Kier molecular flexibility index (Phi) is 9.47. The second kappa shape index (κ2) is 8.17. The molecule has 0 aliphatic rings. The molecule has 0 fully saturated rings. The zero-order valence-electron chi connectivity index (χ0n) is 8.03. The molecule has 0 atom stereocenters. The molecule has 0 bridgehead atoms. The molecular weight excluding hydrogens is 170 g/mol. The van der Waals surface area contributed by atoms with Crippen LogP contribution in [0.25, 0.3) is 0 Å². The zero-order chi connectivity index (χ0) is 9.56. The van der Waals surface area contributed by atoms with Crippen LogP contribution >= 0.6 is 0 Å². The van der Waals surface area contributed by atoms with Crippen molar-refractivity contribution < 1.29 is 42.8 Å². The molecule has 0 aromatic carbocycles. The maximum Gasteiger partial charge on any atom is 1.00 e. The Balaban J connectivity index is 0. The molecule has 0 heterocycles. The molecule has 0 aromatic heterocycles. The van der Waals surface area contributed by atoms with Gasteiger partial charge in [0.1, 0.15) is 0 Å². The van der Waals surface area contributed by atoms with Crippen LogP contribution in [0.15, 0.2) is 0 Å². The Bertz CT molecular complexity index is 156. The number of hydrogen-bond acceptors (Lipinski definition) is 5. The van der Waals surface area contributed by atoms with E-state index in [1.807, 2.05) is 0 Å². The van der Waals surface area contributed by atoms with E-state index in [1.54, 1.807) is 0 Å². The number of rotatable bonds is 4. The summed E-state index contributed by atoms with van der Waals surface area (Å²) in [5.74, 6) is -1.36. The Hall–Kier alpha value is -0.438. The van der Waals surface area contributed by atoms with Crippen molar-refractivity contribution in [1.29, 1.82) is 0 Å². The normalized spacial score (nSPS) is 8.23. The molecule has 13 heavy (non-hydrogen) atoms. The quantitative estimate of drug-likeness (QED) is 0.415. The van der Waals surface area contributed by atoms with Gasteiger partial charge in [-0.3, -0.25) is 9.59 Å². The van der Waals surface area contributed by atoms with Gasteiger partial charge in [0, 0.05) is 12.8 Å². The van der Waals surface area contributed by atoms with E-state index < -0.39 is 19.3 Å². The molecule has 0 aliphatic heterocycles. The Morgan fingerprint density at radius 2 is 1.46 bits per heavy atom. The number of hydrogen-bond donors (Lipinski definition) is 0. The van der Waals surface area contributed by atoms with E-state index in [0.29, 0.717) is 0 Å². The molecule has 0 rings (SSSR count). The summed E-state index contributed by atoms with van der Waals surface area (Å²) >= 11 is 0. The van der Waals surface area contributed by atoms with Crippen molar-refractivity contribution in [3.05, 3.63) is 0 Å². The van der Waals surface area contributed by atoms with E-state index in [1.165, 1.54) is 13.8 Å². The van der Waals surface area contributed by atoms with Gasteiger partial charge in [-0.25, -0.2) is 0 Å². The van der Waals surface area contributed by atoms with Crippen molar-refractivity contribution in [3.8, 4) is 0 Å². The largest absolute Gasteiger partial charge is 1.00 e. The smallest absolute Gasteiger partial charge is 0.808 e. The minimum absolute atomic E-state index is 0. The van der Waals surface area contributed by atoms with Gasteiger partial charge in [-0.2, -0.15) is 0 Å². The summed E-state index contributed by atoms with van der Waals surface area (Å²) in [4.78, 5) is 21.0. The molecule has 0 saturated carbocycles. The van der Waals surface area contributed by atoms with Crippen molar-refractivity contribution in [2.75, 3.05) is 0 Å². The maximum absolute atomic E-state index is 10.6. The summed E-state index contributed by atoms with van der Waals surface area (Å²) in [6, 6.07) is 0. The molecule has 0 aliphatic carbocycles. The van der Waals surface area contributed by atoms with Crippen LogP contribution in [0.5, 0.6) is 0 Å². The first-order valence-corrected chi connectivity index (χ1v) is 3.64. The molecule has 0 radical (unpaired) electrons. The van der Waals surface area contributed by atoms with E-state index >= 15 is 0 Å². The summed E-state index contributed by atoms with van der Waals surface area (Å²) in [5.41, 5.74) is 0. The topological polar surface area (TPSA) is 75.7 Å². The van der Waals surface area contributed by atoms with E-state index in [2.05, 4.69) is 9.31 Å². The minimum atomic E-state index is -2.02. The van der Waals surface area contributed by atoms with Crippen molar-refractivity contribution in [2.45, 2.75) is 26.7 Å². The van der Waals surface area contributed by atoms with Gasteiger partial charge in [0.15, 0.2) is 0 Å². The van der Waals surface area contributed by atoms with E-state index in [4.69, 9.17) is 0 Å². The van der Waals surface area contributed by atoms with Gasteiger partial charge < -0.3 is 14.3 Å². The molecule has 0 N–H and O–H groups in total. The first-order chi connectivity index (χ1) is 5.60. The molecule has 0 saturated heterocycles. The first-order valence-electron chi connectivity index (χ1n) is 3.64. The van der Waals surface area contributed by atoms with Gasteiger partial charge in [0.2, 0.25) is 0 Å². The molecular formula is C6H10BLiO5. The fraction of sp³-hybridized carbons (Fsp3) is 0.667. The van der Waals surface area contributed by atoms with Crippen molar-refractivity contribution in [1.82, 2.24) is 0 Å². The molecule has 0 amide bonds. The fourth-order valence-electron chi connectivity index (χ4n) is 0.405. The van der Waals surface area contributed by atoms with Crippen LogP contribution in [-0.4, -0.2) is 19.3 Å². The Morgan fingerprint density at radius 3 is 1.69 bits per heavy atom. The third-order valence-corrected chi connectivity index (χ3v) is 1.03. The summed E-state index contributed by atoms with van der Waals surface area (Å²) < 4.78 is 8.27. The predicted molar refractivity (Wildman–Crippen MR) is 38.5 cm³/mol. The summed E-state index contributed by atoms with van der Waals surface area (Å²) in [7, 11) is -2.02. The molecule has 5 nitrogen and oxygen atoms in total. The van der Waals surface area contributed by atoms with Gasteiger partial charge in [0.25, 0.3) is 11.9 Å². The van der Waals surface area contributed by atoms with Gasteiger partial charge in [0.05, 0.1) is 0 Å². The van der Waals surface area contributed by atoms with Crippen LogP contribution in [0.4, 0.5) is 0 Å². The third-order valence-electron chi connectivity index (χ3n) is 1.03. The molecule has 7 heteroatoms. The third kappa shape index (κ3) is 7.91. The first kappa shape index (κ1) is 15.1. The van der Waals surface area contributed by atoms with E-state index in [9.17, 15) is 14.6 Å². The monoisotopic (exact) mass is 180 g/mol. The van der Waals surface area contributed by atoms with E-state index in [0.717, 1.165) is 0 Å². The van der Waals surface area contributed by atoms with Crippen LogP contribution in [0.1, 0.15) is 26.7 Å². The van der Waals surface area contributed by atoms with Crippen molar-refractivity contribution >= 4 is 19.3 Å². The van der Waals surface area contributed by atoms with Gasteiger partial charge in [-0.1, -0.05) is 13.8 Å². The van der Waals surface area contributed by atoms with Crippen LogP contribution in [0.2, 0.25) is 0 Å². The van der Waals surface area contributed by atoms with Gasteiger partial charge >= 0.3 is 26.2 Å². The SMILES string of the molecule is CCC(=O)OB([O-])OC(=O)CC.[Li+]. The Labute approximate surface area is 89.1 Å². The summed E-state index contributed by atoms with van der Waals surface area (Å²) in [6.07, 6.45) is 0.171. The molecule has 0 aromatic rings. The predicted octanol–water partition coefficient (Wildman–Crippen LogP) is -3.76. The summed E-state index contributed by atoms with van der Waals surface area (Å²) in [5, 5.41) is 10.6. The number of carbonyl (C=O) groups is 2. The molecule has 0 spiro atoms. The number of carbonyl (C=O) groups excluding carboxylic acids is 2. The second-order valence-electron chi connectivity index (χ2n) is 1.98. The maximum atomic E-state index is 10.6. The van der Waals surface area contributed by atoms with Gasteiger partial charge in [-0.05, 0) is 0 Å². The standard InChI is InChI=1S/C6H10BO5.Li/c1-3-5(8)11-7(10)12-6(9)4-2;/h3-4H2,1-2H3;/q-1;+1. The average molecular weight is 180 g/mol. The zero-order valence-corrected chi connectivity index (χ0v) is 8.03. The molecule has 68 valence electrons. The van der Waals surface area contributed by atoms with Crippen LogP contribution in [-0.2, 0) is 18.9 Å². The van der Waals surface area contributed by atoms with Crippen LogP contribution < -0.4 is 23.9 Å². The van der Waals surface area contributed by atoms with Crippen molar-refractivity contribution in [3.63, 3.8) is 0 Å². The second-order valence-corrected chi connectivity index (χ2v) is 1.98. The van der Waals surface area contributed by atoms with Crippen molar-refractivity contribution in [2.24, 2.45) is 0 Å². The average Bonchev–Trinajstić information content (AvgIpc) is 2.03. The van der Waals surface area contributed by atoms with Crippen LogP contribution in [0, 0.1) is 0 Å². The molecule has 0 unspecified atom stereocenters.